The van der Waals surface area contributed by atoms with Gasteiger partial charge >= 0.3 is 5.97 Å². The van der Waals surface area contributed by atoms with E-state index in [1.807, 2.05) is 0 Å². The second-order valence-electron chi connectivity index (χ2n) is 4.90. The molecule has 0 N–H and O–H groups in total. The van der Waals surface area contributed by atoms with E-state index in [0.717, 1.165) is 12.8 Å². The number of halogens is 1. The molecule has 112 valence electrons. The molecule has 0 aliphatic carbocycles. The fourth-order valence-electron chi connectivity index (χ4n) is 1.87. The van der Waals surface area contributed by atoms with E-state index in [0.29, 0.717) is 13.0 Å². The lowest BCUT2D eigenvalue weighted by Gasteiger charge is -2.04. The van der Waals surface area contributed by atoms with Gasteiger partial charge in [0.2, 0.25) is 5.24 Å². The Balaban J connectivity index is 3.16. The SMILES string of the molecule is CCCCCCCCCCOC(=O)CCCC(=O)Cl. The fraction of sp³-hybridized carbons (Fsp3) is 0.867. The van der Waals surface area contributed by atoms with Gasteiger partial charge in [-0.3, -0.25) is 9.59 Å². The zero-order valence-corrected chi connectivity index (χ0v) is 12.8. The van der Waals surface area contributed by atoms with Crippen molar-refractivity contribution in [3.8, 4) is 0 Å². The summed E-state index contributed by atoms with van der Waals surface area (Å²) in [6.45, 7) is 2.72. The summed E-state index contributed by atoms with van der Waals surface area (Å²) in [6, 6.07) is 0. The molecule has 0 bridgehead atoms. The van der Waals surface area contributed by atoms with Gasteiger partial charge in [-0.2, -0.15) is 0 Å². The van der Waals surface area contributed by atoms with Crippen molar-refractivity contribution in [2.24, 2.45) is 0 Å². The maximum Gasteiger partial charge on any atom is 0.305 e. The fourth-order valence-corrected chi connectivity index (χ4v) is 2.00. The molecule has 0 unspecified atom stereocenters. The van der Waals surface area contributed by atoms with Gasteiger partial charge in [0.15, 0.2) is 0 Å². The minimum atomic E-state index is -0.393. The molecule has 0 saturated heterocycles. The molecule has 0 fully saturated rings. The second kappa shape index (κ2) is 13.9. The first-order valence-corrected chi connectivity index (χ1v) is 7.88. The van der Waals surface area contributed by atoms with Crippen LogP contribution in [0.4, 0.5) is 0 Å². The summed E-state index contributed by atoms with van der Waals surface area (Å²) in [6.07, 6.45) is 10.9. The van der Waals surface area contributed by atoms with Gasteiger partial charge in [-0.25, -0.2) is 0 Å². The third-order valence-corrected chi connectivity index (χ3v) is 3.20. The largest absolute Gasteiger partial charge is 0.466 e. The molecule has 0 rings (SSSR count). The number of carbonyl (C=O) groups is 2. The number of carbonyl (C=O) groups excluding carboxylic acids is 2. The normalized spacial score (nSPS) is 10.4. The highest BCUT2D eigenvalue weighted by atomic mass is 35.5. The minimum Gasteiger partial charge on any atom is -0.466 e. The minimum absolute atomic E-state index is 0.221. The lowest BCUT2D eigenvalue weighted by Crippen LogP contribution is -2.06. The first kappa shape index (κ1) is 18.4. The standard InChI is InChI=1S/C15H27ClO3/c1-2-3-4-5-6-7-8-9-13-19-15(18)12-10-11-14(16)17/h2-13H2,1H3. The summed E-state index contributed by atoms with van der Waals surface area (Å²) >= 11 is 5.18. The van der Waals surface area contributed by atoms with E-state index >= 15 is 0 Å². The lowest BCUT2D eigenvalue weighted by atomic mass is 10.1. The Morgan fingerprint density at radius 3 is 2.00 bits per heavy atom. The summed E-state index contributed by atoms with van der Waals surface area (Å²) in [5, 5.41) is -0.393. The molecule has 0 amide bonds. The average molecular weight is 291 g/mol. The van der Waals surface area contributed by atoms with Gasteiger partial charge in [0.1, 0.15) is 0 Å². The quantitative estimate of drug-likeness (QED) is 0.283. The Morgan fingerprint density at radius 1 is 0.842 bits per heavy atom. The average Bonchev–Trinajstić information content (AvgIpc) is 2.36. The van der Waals surface area contributed by atoms with Gasteiger partial charge in [-0.05, 0) is 24.4 Å². The van der Waals surface area contributed by atoms with Crippen LogP contribution >= 0.6 is 11.6 Å². The van der Waals surface area contributed by atoms with E-state index in [-0.39, 0.29) is 18.8 Å². The van der Waals surface area contributed by atoms with Crippen molar-refractivity contribution >= 4 is 22.8 Å². The zero-order valence-electron chi connectivity index (χ0n) is 12.1. The third kappa shape index (κ3) is 15.4. The van der Waals surface area contributed by atoms with E-state index in [1.54, 1.807) is 0 Å². The molecule has 0 aromatic rings. The number of rotatable bonds is 13. The van der Waals surface area contributed by atoms with Gasteiger partial charge in [-0.15, -0.1) is 0 Å². The molecule has 0 heterocycles. The molecule has 0 aliphatic rings. The topological polar surface area (TPSA) is 43.4 Å². The molecular formula is C15H27ClO3. The van der Waals surface area contributed by atoms with Crippen LogP contribution < -0.4 is 0 Å². The van der Waals surface area contributed by atoms with Crippen molar-refractivity contribution in [1.29, 1.82) is 0 Å². The summed E-state index contributed by atoms with van der Waals surface area (Å²) in [5.41, 5.74) is 0. The molecule has 0 saturated carbocycles. The molecule has 0 atom stereocenters. The molecular weight excluding hydrogens is 264 g/mol. The molecule has 0 aliphatic heterocycles. The smallest absolute Gasteiger partial charge is 0.305 e. The molecule has 0 aromatic carbocycles. The highest BCUT2D eigenvalue weighted by Gasteiger charge is 2.04. The van der Waals surface area contributed by atoms with Gasteiger partial charge in [0, 0.05) is 12.8 Å². The second-order valence-corrected chi connectivity index (χ2v) is 5.33. The van der Waals surface area contributed by atoms with Gasteiger partial charge in [-0.1, -0.05) is 51.9 Å². The Labute approximate surface area is 122 Å². The predicted octanol–water partition coefficient (Wildman–Crippen LogP) is 4.61. The zero-order chi connectivity index (χ0) is 14.3. The summed E-state index contributed by atoms with van der Waals surface area (Å²) in [4.78, 5) is 21.7. The van der Waals surface area contributed by atoms with Gasteiger partial charge in [0.05, 0.1) is 6.61 Å². The molecule has 0 aromatic heterocycles. The van der Waals surface area contributed by atoms with Crippen molar-refractivity contribution in [3.63, 3.8) is 0 Å². The third-order valence-electron chi connectivity index (χ3n) is 3.02. The number of unbranched alkanes of at least 4 members (excludes halogenated alkanes) is 7. The van der Waals surface area contributed by atoms with Crippen molar-refractivity contribution in [3.05, 3.63) is 0 Å². The van der Waals surface area contributed by atoms with Crippen LogP contribution in [-0.2, 0) is 14.3 Å². The van der Waals surface area contributed by atoms with E-state index in [4.69, 9.17) is 16.3 Å². The Hall–Kier alpha value is -0.570. The highest BCUT2D eigenvalue weighted by molar-refractivity contribution is 6.63. The van der Waals surface area contributed by atoms with Crippen molar-refractivity contribution in [2.75, 3.05) is 6.61 Å². The summed E-state index contributed by atoms with van der Waals surface area (Å²) < 4.78 is 5.08. The Morgan fingerprint density at radius 2 is 1.42 bits per heavy atom. The van der Waals surface area contributed by atoms with Gasteiger partial charge in [0.25, 0.3) is 0 Å². The molecule has 3 nitrogen and oxygen atoms in total. The van der Waals surface area contributed by atoms with E-state index < -0.39 is 5.24 Å². The van der Waals surface area contributed by atoms with Crippen molar-refractivity contribution in [2.45, 2.75) is 77.6 Å². The van der Waals surface area contributed by atoms with Crippen molar-refractivity contribution in [1.82, 2.24) is 0 Å². The Bertz CT molecular complexity index is 242. The Kier molecular flexibility index (Phi) is 13.4. The van der Waals surface area contributed by atoms with E-state index in [9.17, 15) is 9.59 Å². The van der Waals surface area contributed by atoms with E-state index in [1.165, 1.54) is 38.5 Å². The molecule has 0 radical (unpaired) electrons. The van der Waals surface area contributed by atoms with E-state index in [2.05, 4.69) is 6.92 Å². The predicted molar refractivity (Wildman–Crippen MR) is 78.3 cm³/mol. The summed E-state index contributed by atoms with van der Waals surface area (Å²) in [7, 11) is 0. The van der Waals surface area contributed by atoms with Crippen LogP contribution in [-0.4, -0.2) is 17.8 Å². The number of ether oxygens (including phenoxy) is 1. The van der Waals surface area contributed by atoms with Crippen LogP contribution in [0.5, 0.6) is 0 Å². The molecule has 4 heteroatoms. The maximum atomic E-state index is 11.3. The van der Waals surface area contributed by atoms with Crippen LogP contribution in [0.25, 0.3) is 0 Å². The maximum absolute atomic E-state index is 11.3. The first-order valence-electron chi connectivity index (χ1n) is 7.50. The highest BCUT2D eigenvalue weighted by Crippen LogP contribution is 2.08. The summed E-state index contributed by atoms with van der Waals surface area (Å²) in [5.74, 6) is -0.221. The van der Waals surface area contributed by atoms with Crippen molar-refractivity contribution < 1.29 is 14.3 Å². The van der Waals surface area contributed by atoms with Crippen LogP contribution in [0.15, 0.2) is 0 Å². The lowest BCUT2D eigenvalue weighted by molar-refractivity contribution is -0.143. The number of esters is 1. The van der Waals surface area contributed by atoms with Gasteiger partial charge < -0.3 is 4.74 Å². The number of hydrogen-bond donors (Lipinski definition) is 0. The van der Waals surface area contributed by atoms with Crippen LogP contribution in [0.2, 0.25) is 0 Å². The monoisotopic (exact) mass is 290 g/mol. The molecule has 19 heavy (non-hydrogen) atoms. The molecule has 0 spiro atoms. The van der Waals surface area contributed by atoms with Crippen LogP contribution in [0, 0.1) is 0 Å². The van der Waals surface area contributed by atoms with Crippen LogP contribution in [0.1, 0.15) is 77.6 Å². The number of hydrogen-bond acceptors (Lipinski definition) is 3. The van der Waals surface area contributed by atoms with Crippen LogP contribution in [0.3, 0.4) is 0 Å². The first-order chi connectivity index (χ1) is 9.16.